The fourth-order valence-electron chi connectivity index (χ4n) is 3.84. The molecule has 0 aliphatic heterocycles. The number of aliphatic hydroxyl groups excluding tert-OH is 1. The van der Waals surface area contributed by atoms with Crippen molar-refractivity contribution in [1.29, 1.82) is 0 Å². The van der Waals surface area contributed by atoms with Crippen LogP contribution in [0.25, 0.3) is 0 Å². The molecule has 0 spiro atoms. The Morgan fingerprint density at radius 3 is 2.00 bits per heavy atom. The fourth-order valence-corrected chi connectivity index (χ4v) is 3.84. The Labute approximate surface area is 91.1 Å². The highest BCUT2D eigenvalue weighted by Crippen LogP contribution is 2.57. The van der Waals surface area contributed by atoms with E-state index in [0.717, 1.165) is 12.8 Å². The van der Waals surface area contributed by atoms with Gasteiger partial charge >= 0.3 is 0 Å². The van der Waals surface area contributed by atoms with Gasteiger partial charge in [0, 0.05) is 10.8 Å². The van der Waals surface area contributed by atoms with E-state index in [2.05, 4.69) is 38.1 Å². The zero-order chi connectivity index (χ0) is 10.7. The first-order valence-corrected chi connectivity index (χ1v) is 5.87. The first-order chi connectivity index (χ1) is 7.09. The summed E-state index contributed by atoms with van der Waals surface area (Å²) in [6.45, 7) is 4.45. The normalized spacial score (nSPS) is 42.7. The SMILES string of the molecule is CC12CCCC(C)(c3ccccc31)C2O. The average Bonchev–Trinajstić information content (AvgIpc) is 2.36. The van der Waals surface area contributed by atoms with E-state index >= 15 is 0 Å². The summed E-state index contributed by atoms with van der Waals surface area (Å²) in [5.41, 5.74) is 2.78. The quantitative estimate of drug-likeness (QED) is 0.686. The minimum absolute atomic E-state index is 0.00356. The van der Waals surface area contributed by atoms with Crippen LogP contribution in [0.1, 0.15) is 44.2 Å². The summed E-state index contributed by atoms with van der Waals surface area (Å²) in [5, 5.41) is 10.5. The standard InChI is InChI=1S/C14H18O/c1-13-8-5-9-14(2,12(13)15)11-7-4-3-6-10(11)13/h3-4,6-7,12,15H,5,8-9H2,1-2H3. The maximum atomic E-state index is 10.5. The van der Waals surface area contributed by atoms with Gasteiger partial charge in [0.2, 0.25) is 0 Å². The van der Waals surface area contributed by atoms with E-state index < -0.39 is 0 Å². The molecule has 1 nitrogen and oxygen atoms in total. The number of aliphatic hydroxyl groups is 1. The second-order valence-electron chi connectivity index (χ2n) is 5.64. The summed E-state index contributed by atoms with van der Waals surface area (Å²) in [5.74, 6) is 0. The molecule has 3 rings (SSSR count). The summed E-state index contributed by atoms with van der Waals surface area (Å²) in [4.78, 5) is 0. The molecule has 0 heterocycles. The van der Waals surface area contributed by atoms with Crippen molar-refractivity contribution in [3.63, 3.8) is 0 Å². The third kappa shape index (κ3) is 0.926. The van der Waals surface area contributed by atoms with Crippen LogP contribution >= 0.6 is 0 Å². The van der Waals surface area contributed by atoms with E-state index in [1.54, 1.807) is 0 Å². The third-order valence-electron chi connectivity index (χ3n) is 4.76. The van der Waals surface area contributed by atoms with Gasteiger partial charge in [-0.3, -0.25) is 0 Å². The van der Waals surface area contributed by atoms with Gasteiger partial charge in [-0.05, 0) is 24.0 Å². The molecular weight excluding hydrogens is 184 g/mol. The molecule has 1 saturated carbocycles. The first-order valence-electron chi connectivity index (χ1n) is 5.87. The monoisotopic (exact) mass is 202 g/mol. The van der Waals surface area contributed by atoms with E-state index in [1.165, 1.54) is 17.5 Å². The van der Waals surface area contributed by atoms with Crippen molar-refractivity contribution >= 4 is 0 Å². The summed E-state index contributed by atoms with van der Waals surface area (Å²) >= 11 is 0. The summed E-state index contributed by atoms with van der Waals surface area (Å²) in [7, 11) is 0. The number of hydrogen-bond acceptors (Lipinski definition) is 1. The Balaban J connectivity index is 2.30. The highest BCUT2D eigenvalue weighted by molar-refractivity contribution is 5.49. The Kier molecular flexibility index (Phi) is 1.66. The van der Waals surface area contributed by atoms with E-state index in [-0.39, 0.29) is 16.9 Å². The summed E-state index contributed by atoms with van der Waals surface area (Å²) < 4.78 is 0. The van der Waals surface area contributed by atoms with Crippen LogP contribution in [-0.2, 0) is 10.8 Å². The van der Waals surface area contributed by atoms with Gasteiger partial charge in [0.15, 0.2) is 0 Å². The zero-order valence-electron chi connectivity index (χ0n) is 9.46. The predicted molar refractivity (Wildman–Crippen MR) is 61.0 cm³/mol. The Morgan fingerprint density at radius 2 is 1.53 bits per heavy atom. The molecule has 2 atom stereocenters. The number of benzene rings is 1. The highest BCUT2D eigenvalue weighted by atomic mass is 16.3. The van der Waals surface area contributed by atoms with Gasteiger partial charge in [-0.1, -0.05) is 44.5 Å². The van der Waals surface area contributed by atoms with Crippen LogP contribution in [0.2, 0.25) is 0 Å². The number of rotatable bonds is 0. The van der Waals surface area contributed by atoms with Crippen LogP contribution in [0, 0.1) is 0 Å². The molecule has 1 aromatic carbocycles. The van der Waals surface area contributed by atoms with E-state index in [0.29, 0.717) is 0 Å². The van der Waals surface area contributed by atoms with Crippen LogP contribution in [-0.4, -0.2) is 11.2 Å². The minimum atomic E-state index is -0.198. The molecule has 1 heteroatoms. The molecule has 0 radical (unpaired) electrons. The maximum absolute atomic E-state index is 10.5. The topological polar surface area (TPSA) is 20.2 Å². The fraction of sp³-hybridized carbons (Fsp3) is 0.571. The molecule has 2 bridgehead atoms. The molecule has 1 N–H and O–H groups in total. The van der Waals surface area contributed by atoms with Gasteiger partial charge in [0.25, 0.3) is 0 Å². The smallest absolute Gasteiger partial charge is 0.0728 e. The Bertz CT molecular complexity index is 375. The molecule has 2 aliphatic carbocycles. The van der Waals surface area contributed by atoms with E-state index in [4.69, 9.17) is 0 Å². The van der Waals surface area contributed by atoms with Crippen molar-refractivity contribution in [2.75, 3.05) is 0 Å². The van der Waals surface area contributed by atoms with Gasteiger partial charge in [0.05, 0.1) is 6.10 Å². The predicted octanol–water partition coefficient (Wildman–Crippen LogP) is 2.76. The van der Waals surface area contributed by atoms with Crippen molar-refractivity contribution < 1.29 is 5.11 Å². The molecule has 0 aromatic heterocycles. The van der Waals surface area contributed by atoms with Crippen molar-refractivity contribution in [1.82, 2.24) is 0 Å². The molecule has 1 aromatic rings. The van der Waals surface area contributed by atoms with Crippen LogP contribution in [0.3, 0.4) is 0 Å². The third-order valence-corrected chi connectivity index (χ3v) is 4.76. The van der Waals surface area contributed by atoms with Crippen LogP contribution < -0.4 is 0 Å². The van der Waals surface area contributed by atoms with Crippen molar-refractivity contribution in [2.24, 2.45) is 0 Å². The largest absolute Gasteiger partial charge is 0.391 e. The van der Waals surface area contributed by atoms with Gasteiger partial charge in [-0.2, -0.15) is 0 Å². The minimum Gasteiger partial charge on any atom is -0.391 e. The lowest BCUT2D eigenvalue weighted by Crippen LogP contribution is -2.46. The molecule has 15 heavy (non-hydrogen) atoms. The summed E-state index contributed by atoms with van der Waals surface area (Å²) in [6, 6.07) is 8.60. The molecule has 2 unspecified atom stereocenters. The first kappa shape index (κ1) is 9.41. The Morgan fingerprint density at radius 1 is 1.07 bits per heavy atom. The average molecular weight is 202 g/mol. The zero-order valence-corrected chi connectivity index (χ0v) is 9.46. The van der Waals surface area contributed by atoms with Crippen molar-refractivity contribution in [2.45, 2.75) is 50.0 Å². The second kappa shape index (κ2) is 2.65. The van der Waals surface area contributed by atoms with E-state index in [1.807, 2.05) is 0 Å². The number of hydrogen-bond donors (Lipinski definition) is 1. The van der Waals surface area contributed by atoms with Gasteiger partial charge in [0.1, 0.15) is 0 Å². The highest BCUT2D eigenvalue weighted by Gasteiger charge is 2.56. The van der Waals surface area contributed by atoms with Crippen LogP contribution in [0.4, 0.5) is 0 Å². The summed E-state index contributed by atoms with van der Waals surface area (Å²) in [6.07, 6.45) is 3.29. The lowest BCUT2D eigenvalue weighted by Gasteiger charge is -2.41. The van der Waals surface area contributed by atoms with Gasteiger partial charge in [-0.15, -0.1) is 0 Å². The van der Waals surface area contributed by atoms with Crippen molar-refractivity contribution in [3.05, 3.63) is 35.4 Å². The van der Waals surface area contributed by atoms with Crippen LogP contribution in [0.5, 0.6) is 0 Å². The lowest BCUT2D eigenvalue weighted by molar-refractivity contribution is 0.00837. The molecule has 0 amide bonds. The molecular formula is C14H18O. The maximum Gasteiger partial charge on any atom is 0.0728 e. The molecule has 0 saturated heterocycles. The molecule has 80 valence electrons. The second-order valence-corrected chi connectivity index (χ2v) is 5.64. The van der Waals surface area contributed by atoms with Gasteiger partial charge < -0.3 is 5.11 Å². The van der Waals surface area contributed by atoms with Gasteiger partial charge in [-0.25, -0.2) is 0 Å². The van der Waals surface area contributed by atoms with Crippen molar-refractivity contribution in [3.8, 4) is 0 Å². The molecule has 2 aliphatic rings. The lowest BCUT2D eigenvalue weighted by atomic mass is 9.66. The Hall–Kier alpha value is -0.820. The van der Waals surface area contributed by atoms with Crippen LogP contribution in [0.15, 0.2) is 24.3 Å². The van der Waals surface area contributed by atoms with E-state index in [9.17, 15) is 5.11 Å². The number of fused-ring (bicyclic) bond motifs is 5. The molecule has 1 fully saturated rings.